The van der Waals surface area contributed by atoms with Gasteiger partial charge in [-0.3, -0.25) is 14.6 Å². The normalized spacial score (nSPS) is 16.5. The van der Waals surface area contributed by atoms with Crippen molar-refractivity contribution >= 4 is 17.4 Å². The van der Waals surface area contributed by atoms with Crippen molar-refractivity contribution in [3.8, 4) is 17.2 Å². The number of rotatable bonds is 7. The Labute approximate surface area is 220 Å². The van der Waals surface area contributed by atoms with E-state index < -0.39 is 17.7 Å². The van der Waals surface area contributed by atoms with Gasteiger partial charge in [0.05, 0.1) is 18.7 Å². The van der Waals surface area contributed by atoms with Crippen molar-refractivity contribution < 1.29 is 24.2 Å². The van der Waals surface area contributed by atoms with Gasteiger partial charge in [0.1, 0.15) is 23.0 Å². The molecule has 3 aromatic carbocycles. The minimum atomic E-state index is -0.837. The fraction of sp³-hybridized carbons (Fsp3) is 0.129. The molecule has 0 aliphatic carbocycles. The zero-order valence-corrected chi connectivity index (χ0v) is 21.0. The van der Waals surface area contributed by atoms with E-state index in [2.05, 4.69) is 4.98 Å². The Bertz CT molecular complexity index is 1520. The lowest BCUT2D eigenvalue weighted by Gasteiger charge is -2.26. The summed E-state index contributed by atoms with van der Waals surface area (Å²) >= 11 is 0. The van der Waals surface area contributed by atoms with Crippen molar-refractivity contribution in [3.63, 3.8) is 0 Å². The van der Waals surface area contributed by atoms with Gasteiger partial charge < -0.3 is 19.5 Å². The molecule has 1 N–H and O–H groups in total. The molecule has 7 nitrogen and oxygen atoms in total. The summed E-state index contributed by atoms with van der Waals surface area (Å²) in [6.07, 6.45) is 3.30. The highest BCUT2D eigenvalue weighted by Gasteiger charge is 2.46. The van der Waals surface area contributed by atoms with E-state index in [1.165, 1.54) is 4.90 Å². The number of aliphatic hydroxyl groups is 1. The summed E-state index contributed by atoms with van der Waals surface area (Å²) in [5, 5.41) is 11.5. The molecule has 0 unspecified atom stereocenters. The average molecular weight is 507 g/mol. The first kappa shape index (κ1) is 24.8. The minimum Gasteiger partial charge on any atom is -0.507 e. The number of hydrogen-bond acceptors (Lipinski definition) is 6. The lowest BCUT2D eigenvalue weighted by Crippen LogP contribution is -2.29. The molecule has 1 aromatic heterocycles. The van der Waals surface area contributed by atoms with Crippen LogP contribution in [0.25, 0.3) is 5.76 Å². The largest absolute Gasteiger partial charge is 0.507 e. The van der Waals surface area contributed by atoms with Crippen LogP contribution < -0.4 is 9.47 Å². The van der Waals surface area contributed by atoms with Crippen LogP contribution in [0.5, 0.6) is 17.2 Å². The summed E-state index contributed by atoms with van der Waals surface area (Å²) in [5.41, 5.74) is 2.57. The molecule has 0 radical (unpaired) electrons. The van der Waals surface area contributed by atoms with Crippen molar-refractivity contribution in [3.05, 3.63) is 125 Å². The van der Waals surface area contributed by atoms with E-state index in [9.17, 15) is 14.7 Å². The molecule has 0 spiro atoms. The molecule has 5 rings (SSSR count). The number of ketones is 1. The number of benzene rings is 3. The molecule has 7 heteroatoms. The third-order valence-electron chi connectivity index (χ3n) is 6.46. The van der Waals surface area contributed by atoms with Gasteiger partial charge in [-0.2, -0.15) is 0 Å². The van der Waals surface area contributed by atoms with Gasteiger partial charge in [0, 0.05) is 24.5 Å². The maximum atomic E-state index is 13.4. The fourth-order valence-corrected chi connectivity index (χ4v) is 4.62. The number of methoxy groups -OCH3 is 1. The zero-order chi connectivity index (χ0) is 26.6. The van der Waals surface area contributed by atoms with E-state index in [4.69, 9.17) is 9.47 Å². The molecule has 1 saturated heterocycles. The van der Waals surface area contributed by atoms with E-state index in [1.54, 1.807) is 62.0 Å². The average Bonchev–Trinajstić information content (AvgIpc) is 3.19. The maximum absolute atomic E-state index is 13.4. The number of likely N-dealkylation sites (tertiary alicyclic amines) is 1. The van der Waals surface area contributed by atoms with Crippen molar-refractivity contribution in [2.24, 2.45) is 0 Å². The predicted octanol–water partition coefficient (Wildman–Crippen LogP) is 5.81. The molecular formula is C31H26N2O5. The van der Waals surface area contributed by atoms with E-state index in [0.29, 0.717) is 33.9 Å². The highest BCUT2D eigenvalue weighted by Crippen LogP contribution is 2.42. The first-order chi connectivity index (χ1) is 18.5. The minimum absolute atomic E-state index is 0.0176. The summed E-state index contributed by atoms with van der Waals surface area (Å²) < 4.78 is 11.3. The number of Topliss-reactive ketones (excluding diaryl/α,β-unsaturated/α-hetero) is 1. The highest BCUT2D eigenvalue weighted by molar-refractivity contribution is 6.46. The second-order valence-electron chi connectivity index (χ2n) is 8.96. The van der Waals surface area contributed by atoms with Gasteiger partial charge in [0.2, 0.25) is 0 Å². The molecule has 190 valence electrons. The van der Waals surface area contributed by atoms with Crippen LogP contribution in [0.3, 0.4) is 0 Å². The van der Waals surface area contributed by atoms with Crippen LogP contribution >= 0.6 is 0 Å². The number of nitrogens with zero attached hydrogens (tertiary/aromatic N) is 2. The van der Waals surface area contributed by atoms with Gasteiger partial charge in [-0.05, 0) is 72.1 Å². The van der Waals surface area contributed by atoms with Gasteiger partial charge >= 0.3 is 0 Å². The van der Waals surface area contributed by atoms with Crippen LogP contribution in [0.1, 0.15) is 28.3 Å². The molecule has 1 amide bonds. The van der Waals surface area contributed by atoms with Gasteiger partial charge in [-0.15, -0.1) is 0 Å². The number of ether oxygens (including phenoxy) is 2. The number of amides is 1. The molecule has 1 fully saturated rings. The monoisotopic (exact) mass is 506 g/mol. The van der Waals surface area contributed by atoms with Gasteiger partial charge in [0.25, 0.3) is 11.7 Å². The lowest BCUT2D eigenvalue weighted by atomic mass is 9.93. The van der Waals surface area contributed by atoms with Gasteiger partial charge in [0.15, 0.2) is 0 Å². The van der Waals surface area contributed by atoms with Crippen LogP contribution in [-0.2, 0) is 16.1 Å². The lowest BCUT2D eigenvalue weighted by molar-refractivity contribution is -0.140. The Kier molecular flexibility index (Phi) is 6.91. The number of pyridine rings is 1. The molecule has 38 heavy (non-hydrogen) atoms. The Balaban J connectivity index is 1.63. The smallest absolute Gasteiger partial charge is 0.295 e. The second-order valence-corrected chi connectivity index (χ2v) is 8.96. The molecule has 1 aliphatic heterocycles. The van der Waals surface area contributed by atoms with Crippen molar-refractivity contribution in [2.75, 3.05) is 7.11 Å². The standard InChI is InChI=1S/C31H26N2O5/c1-20-16-24(37-2)13-14-26(20)29(34)27-28(33(31(36)30(27)35)19-21-8-7-15-32-18-21)22-9-6-12-25(17-22)38-23-10-4-3-5-11-23/h3-18,28,34H,19H2,1-2H3/t28-/m1/s1. The summed E-state index contributed by atoms with van der Waals surface area (Å²) in [6.45, 7) is 1.96. The Morgan fingerprint density at radius 1 is 0.921 bits per heavy atom. The zero-order valence-electron chi connectivity index (χ0n) is 21.0. The molecule has 1 atom stereocenters. The molecule has 1 aliphatic rings. The Morgan fingerprint density at radius 2 is 1.71 bits per heavy atom. The maximum Gasteiger partial charge on any atom is 0.295 e. The quantitative estimate of drug-likeness (QED) is 0.193. The van der Waals surface area contributed by atoms with Gasteiger partial charge in [-0.1, -0.05) is 36.4 Å². The van der Waals surface area contributed by atoms with Crippen LogP contribution in [-0.4, -0.2) is 33.8 Å². The number of carbonyl (C=O) groups is 2. The molecular weight excluding hydrogens is 480 g/mol. The third-order valence-corrected chi connectivity index (χ3v) is 6.46. The van der Waals surface area contributed by atoms with Gasteiger partial charge in [-0.25, -0.2) is 0 Å². The van der Waals surface area contributed by atoms with E-state index in [1.807, 2.05) is 49.4 Å². The summed E-state index contributed by atoms with van der Waals surface area (Å²) in [7, 11) is 1.56. The molecule has 0 bridgehead atoms. The number of aliphatic hydroxyl groups excluding tert-OH is 1. The van der Waals surface area contributed by atoms with Crippen molar-refractivity contribution in [2.45, 2.75) is 19.5 Å². The number of carbonyl (C=O) groups excluding carboxylic acids is 2. The third kappa shape index (κ3) is 4.86. The number of aryl methyl sites for hydroxylation is 1. The topological polar surface area (TPSA) is 89.0 Å². The van der Waals surface area contributed by atoms with Crippen LogP contribution in [0.2, 0.25) is 0 Å². The summed E-state index contributed by atoms with van der Waals surface area (Å²) in [5.74, 6) is 0.140. The van der Waals surface area contributed by atoms with E-state index in [-0.39, 0.29) is 17.9 Å². The number of aromatic nitrogens is 1. The van der Waals surface area contributed by atoms with Crippen LogP contribution in [0, 0.1) is 6.92 Å². The first-order valence-corrected chi connectivity index (χ1v) is 12.1. The molecule has 2 heterocycles. The first-order valence-electron chi connectivity index (χ1n) is 12.1. The van der Waals surface area contributed by atoms with Crippen LogP contribution in [0.4, 0.5) is 0 Å². The van der Waals surface area contributed by atoms with Crippen molar-refractivity contribution in [1.82, 2.24) is 9.88 Å². The Morgan fingerprint density at radius 3 is 2.42 bits per heavy atom. The van der Waals surface area contributed by atoms with Crippen molar-refractivity contribution in [1.29, 1.82) is 0 Å². The fourth-order valence-electron chi connectivity index (χ4n) is 4.62. The molecule has 4 aromatic rings. The SMILES string of the molecule is COc1ccc(C(O)=C2C(=O)C(=O)N(Cc3cccnc3)[C@@H]2c2cccc(Oc3ccccc3)c2)c(C)c1. The van der Waals surface area contributed by atoms with E-state index >= 15 is 0 Å². The number of para-hydroxylation sites is 1. The Hall–Kier alpha value is -4.91. The van der Waals surface area contributed by atoms with Crippen LogP contribution in [0.15, 0.2) is 103 Å². The summed E-state index contributed by atoms with van der Waals surface area (Å²) in [4.78, 5) is 32.4. The van der Waals surface area contributed by atoms with E-state index in [0.717, 1.165) is 5.56 Å². The second kappa shape index (κ2) is 10.6. The summed E-state index contributed by atoms with van der Waals surface area (Å²) in [6, 6.07) is 24.5. The predicted molar refractivity (Wildman–Crippen MR) is 143 cm³/mol. The molecule has 0 saturated carbocycles. The number of hydrogen-bond donors (Lipinski definition) is 1. The highest BCUT2D eigenvalue weighted by atomic mass is 16.5.